The van der Waals surface area contributed by atoms with Crippen molar-refractivity contribution in [3.05, 3.63) is 35.4 Å². The molecule has 4 nitrogen and oxygen atoms in total. The fraction of sp³-hybridized carbons (Fsp3) is 0.600. The van der Waals surface area contributed by atoms with Crippen LogP contribution in [0.25, 0.3) is 0 Å². The van der Waals surface area contributed by atoms with Crippen LogP contribution in [0.5, 0.6) is 0 Å². The highest BCUT2D eigenvalue weighted by atomic mass is 16.4. The number of hydrogen-bond donors (Lipinski definition) is 2. The zero-order chi connectivity index (χ0) is 17.2. The Morgan fingerprint density at radius 2 is 1.83 bits per heavy atom. The fourth-order valence-corrected chi connectivity index (χ4v) is 4.54. The Labute approximate surface area is 143 Å². The van der Waals surface area contributed by atoms with E-state index in [0.29, 0.717) is 12.8 Å². The Balaban J connectivity index is 1.81. The summed E-state index contributed by atoms with van der Waals surface area (Å²) in [6, 6.07) is 8.20. The second-order valence-corrected chi connectivity index (χ2v) is 7.48. The molecule has 0 spiro atoms. The van der Waals surface area contributed by atoms with Crippen LogP contribution in [-0.4, -0.2) is 23.0 Å². The maximum absolute atomic E-state index is 13.2. The normalized spacial score (nSPS) is 26.0. The third kappa shape index (κ3) is 3.19. The van der Waals surface area contributed by atoms with Gasteiger partial charge in [-0.15, -0.1) is 0 Å². The lowest BCUT2D eigenvalue weighted by Gasteiger charge is -2.38. The second-order valence-electron chi connectivity index (χ2n) is 7.48. The molecule has 0 bridgehead atoms. The number of carboxylic acids is 1. The van der Waals surface area contributed by atoms with E-state index in [1.165, 1.54) is 12.0 Å². The van der Waals surface area contributed by atoms with Crippen molar-refractivity contribution >= 4 is 11.9 Å². The van der Waals surface area contributed by atoms with Crippen LogP contribution in [0.2, 0.25) is 0 Å². The van der Waals surface area contributed by atoms with Crippen molar-refractivity contribution in [3.63, 3.8) is 0 Å². The van der Waals surface area contributed by atoms with Crippen LogP contribution >= 0.6 is 0 Å². The van der Waals surface area contributed by atoms with Gasteiger partial charge in [-0.2, -0.15) is 0 Å². The number of rotatable bonds is 4. The summed E-state index contributed by atoms with van der Waals surface area (Å²) in [4.78, 5) is 24.4. The van der Waals surface area contributed by atoms with Gasteiger partial charge < -0.3 is 10.4 Å². The average molecular weight is 329 g/mol. The molecule has 0 radical (unpaired) electrons. The number of carbonyl (C=O) groups is 2. The van der Waals surface area contributed by atoms with Gasteiger partial charge in [0.15, 0.2) is 0 Å². The molecule has 2 aliphatic carbocycles. The standard InChI is InChI=1S/C20H27NO3/c1-14-7-3-4-8-17(14)20(11-5-2-6-12-20)19(24)21-16-10-9-15(13-16)18(22)23/h3-4,7-8,15-16H,2,5-6,9-13H2,1H3,(H,21,24)(H,22,23)/t15-,16+/m1/s1. The third-order valence-electron chi connectivity index (χ3n) is 5.92. The number of aliphatic carboxylic acids is 1. The molecule has 0 heterocycles. The first-order chi connectivity index (χ1) is 11.5. The first-order valence-corrected chi connectivity index (χ1v) is 9.13. The molecule has 2 N–H and O–H groups in total. The Bertz CT molecular complexity index is 619. The lowest BCUT2D eigenvalue weighted by molar-refractivity contribution is -0.141. The van der Waals surface area contributed by atoms with Crippen LogP contribution in [-0.2, 0) is 15.0 Å². The minimum absolute atomic E-state index is 0.00131. The van der Waals surface area contributed by atoms with E-state index < -0.39 is 11.4 Å². The molecule has 2 aliphatic rings. The lowest BCUT2D eigenvalue weighted by atomic mass is 9.67. The van der Waals surface area contributed by atoms with E-state index in [-0.39, 0.29) is 17.9 Å². The zero-order valence-electron chi connectivity index (χ0n) is 14.4. The summed E-state index contributed by atoms with van der Waals surface area (Å²) in [6.07, 6.45) is 7.10. The molecule has 1 aromatic rings. The monoisotopic (exact) mass is 329 g/mol. The number of carboxylic acid groups (broad SMARTS) is 1. The van der Waals surface area contributed by atoms with Crippen molar-refractivity contribution < 1.29 is 14.7 Å². The Hall–Kier alpha value is -1.84. The van der Waals surface area contributed by atoms with Crippen molar-refractivity contribution in [2.24, 2.45) is 5.92 Å². The van der Waals surface area contributed by atoms with Gasteiger partial charge in [-0.3, -0.25) is 9.59 Å². The largest absolute Gasteiger partial charge is 0.481 e. The van der Waals surface area contributed by atoms with Crippen LogP contribution < -0.4 is 5.32 Å². The van der Waals surface area contributed by atoms with Gasteiger partial charge in [-0.1, -0.05) is 43.5 Å². The summed E-state index contributed by atoms with van der Waals surface area (Å²) >= 11 is 0. The number of hydrogen-bond acceptors (Lipinski definition) is 2. The molecule has 1 aromatic carbocycles. The molecular weight excluding hydrogens is 302 g/mol. The SMILES string of the molecule is Cc1ccccc1C1(C(=O)N[C@H]2CC[C@@H](C(=O)O)C2)CCCCC1. The van der Waals surface area contributed by atoms with Gasteiger partial charge in [0.2, 0.25) is 5.91 Å². The highest BCUT2D eigenvalue weighted by Gasteiger charge is 2.43. The van der Waals surface area contributed by atoms with Crippen molar-refractivity contribution in [2.45, 2.75) is 69.7 Å². The summed E-state index contributed by atoms with van der Waals surface area (Å²) in [5.74, 6) is -0.943. The molecule has 24 heavy (non-hydrogen) atoms. The lowest BCUT2D eigenvalue weighted by Crippen LogP contribution is -2.49. The number of aryl methyl sites for hydroxylation is 1. The van der Waals surface area contributed by atoms with E-state index >= 15 is 0 Å². The summed E-state index contributed by atoms with van der Waals surface area (Å²) in [6.45, 7) is 2.08. The summed E-state index contributed by atoms with van der Waals surface area (Å²) in [5, 5.41) is 12.4. The minimum atomic E-state index is -0.738. The fourth-order valence-electron chi connectivity index (χ4n) is 4.54. The zero-order valence-corrected chi connectivity index (χ0v) is 14.4. The van der Waals surface area contributed by atoms with Gasteiger partial charge in [-0.05, 0) is 50.2 Å². The highest BCUT2D eigenvalue weighted by Crippen LogP contribution is 2.41. The molecule has 0 aromatic heterocycles. The second kappa shape index (κ2) is 6.96. The van der Waals surface area contributed by atoms with E-state index in [1.807, 2.05) is 12.1 Å². The molecule has 1 amide bonds. The molecule has 2 saturated carbocycles. The van der Waals surface area contributed by atoms with Crippen molar-refractivity contribution in [1.29, 1.82) is 0 Å². The summed E-state index contributed by atoms with van der Waals surface area (Å²) in [5.41, 5.74) is 1.88. The molecule has 0 saturated heterocycles. The minimum Gasteiger partial charge on any atom is -0.481 e. The topological polar surface area (TPSA) is 66.4 Å². The maximum atomic E-state index is 13.2. The van der Waals surface area contributed by atoms with Crippen molar-refractivity contribution in [2.75, 3.05) is 0 Å². The maximum Gasteiger partial charge on any atom is 0.306 e. The molecular formula is C20H27NO3. The predicted octanol–water partition coefficient (Wildman–Crippen LogP) is 3.57. The van der Waals surface area contributed by atoms with Gasteiger partial charge in [0.1, 0.15) is 0 Å². The van der Waals surface area contributed by atoms with Gasteiger partial charge in [-0.25, -0.2) is 0 Å². The molecule has 0 aliphatic heterocycles. The van der Waals surface area contributed by atoms with Crippen LogP contribution in [0.3, 0.4) is 0 Å². The first-order valence-electron chi connectivity index (χ1n) is 9.13. The first kappa shape index (κ1) is 17.0. The molecule has 3 rings (SSSR count). The van der Waals surface area contributed by atoms with E-state index in [4.69, 9.17) is 5.11 Å². The number of benzene rings is 1. The molecule has 2 fully saturated rings. The molecule has 2 atom stereocenters. The van der Waals surface area contributed by atoms with Crippen LogP contribution in [0.4, 0.5) is 0 Å². The number of carbonyl (C=O) groups excluding carboxylic acids is 1. The van der Waals surface area contributed by atoms with Crippen LogP contribution in [0.15, 0.2) is 24.3 Å². The van der Waals surface area contributed by atoms with E-state index in [0.717, 1.165) is 37.7 Å². The average Bonchev–Trinajstić information content (AvgIpc) is 3.04. The Morgan fingerprint density at radius 3 is 2.46 bits per heavy atom. The van der Waals surface area contributed by atoms with Gasteiger partial charge in [0.05, 0.1) is 11.3 Å². The summed E-state index contributed by atoms with van der Waals surface area (Å²) < 4.78 is 0. The van der Waals surface area contributed by atoms with E-state index in [9.17, 15) is 9.59 Å². The number of amides is 1. The third-order valence-corrected chi connectivity index (χ3v) is 5.92. The Kier molecular flexibility index (Phi) is 4.93. The van der Waals surface area contributed by atoms with E-state index in [2.05, 4.69) is 24.4 Å². The summed E-state index contributed by atoms with van der Waals surface area (Å²) in [7, 11) is 0. The molecule has 0 unspecified atom stereocenters. The Morgan fingerprint density at radius 1 is 1.12 bits per heavy atom. The van der Waals surface area contributed by atoms with Crippen molar-refractivity contribution in [1.82, 2.24) is 5.32 Å². The van der Waals surface area contributed by atoms with E-state index in [1.54, 1.807) is 0 Å². The predicted molar refractivity (Wildman–Crippen MR) is 92.8 cm³/mol. The van der Waals surface area contributed by atoms with Crippen molar-refractivity contribution in [3.8, 4) is 0 Å². The quantitative estimate of drug-likeness (QED) is 0.887. The van der Waals surface area contributed by atoms with Gasteiger partial charge in [0, 0.05) is 6.04 Å². The van der Waals surface area contributed by atoms with Gasteiger partial charge >= 0.3 is 5.97 Å². The highest BCUT2D eigenvalue weighted by molar-refractivity contribution is 5.89. The van der Waals surface area contributed by atoms with Crippen LogP contribution in [0, 0.1) is 12.8 Å². The smallest absolute Gasteiger partial charge is 0.306 e. The number of nitrogens with one attached hydrogen (secondary N) is 1. The van der Waals surface area contributed by atoms with Gasteiger partial charge in [0.25, 0.3) is 0 Å². The molecule has 4 heteroatoms. The molecule has 130 valence electrons. The van der Waals surface area contributed by atoms with Crippen LogP contribution in [0.1, 0.15) is 62.5 Å².